The summed E-state index contributed by atoms with van der Waals surface area (Å²) in [5.74, 6) is -0.955. The summed E-state index contributed by atoms with van der Waals surface area (Å²) in [6, 6.07) is 3.09. The number of amides is 1. The number of aromatic nitrogens is 2. The SMILES string of the molecule is COC(=O)Cc1csc(NC(=O)c2ccc(C)[nH]c2=O)n1. The molecule has 8 heteroatoms. The van der Waals surface area contributed by atoms with E-state index >= 15 is 0 Å². The van der Waals surface area contributed by atoms with E-state index in [2.05, 4.69) is 20.0 Å². The van der Waals surface area contributed by atoms with Crippen LogP contribution in [0.5, 0.6) is 0 Å². The van der Waals surface area contributed by atoms with E-state index in [0.717, 1.165) is 0 Å². The fourth-order valence-corrected chi connectivity index (χ4v) is 2.29. The highest BCUT2D eigenvalue weighted by molar-refractivity contribution is 7.14. The topological polar surface area (TPSA) is 101 Å². The number of anilines is 1. The number of nitrogens with zero attached hydrogens (tertiary/aromatic N) is 1. The Morgan fingerprint density at radius 3 is 2.86 bits per heavy atom. The van der Waals surface area contributed by atoms with Crippen molar-refractivity contribution in [3.63, 3.8) is 0 Å². The zero-order valence-electron chi connectivity index (χ0n) is 11.4. The third-order valence-corrected chi connectivity index (χ3v) is 3.43. The Morgan fingerprint density at radius 1 is 1.43 bits per heavy atom. The van der Waals surface area contributed by atoms with Gasteiger partial charge in [0.15, 0.2) is 5.13 Å². The second-order valence-corrected chi connectivity index (χ2v) is 5.09. The molecule has 2 heterocycles. The molecule has 0 unspecified atom stereocenters. The maximum Gasteiger partial charge on any atom is 0.311 e. The molecule has 0 aromatic carbocycles. The number of methoxy groups -OCH3 is 1. The van der Waals surface area contributed by atoms with Crippen molar-refractivity contribution in [3.05, 3.63) is 44.8 Å². The number of carbonyl (C=O) groups is 2. The summed E-state index contributed by atoms with van der Waals surface area (Å²) in [7, 11) is 1.29. The molecule has 2 aromatic rings. The summed E-state index contributed by atoms with van der Waals surface area (Å²) in [5.41, 5.74) is 0.718. The molecule has 0 fully saturated rings. The number of aryl methyl sites for hydroxylation is 1. The first-order valence-electron chi connectivity index (χ1n) is 6.02. The summed E-state index contributed by atoms with van der Waals surface area (Å²) >= 11 is 1.17. The lowest BCUT2D eigenvalue weighted by atomic mass is 10.2. The number of nitrogens with one attached hydrogen (secondary N) is 2. The first-order valence-corrected chi connectivity index (χ1v) is 6.90. The van der Waals surface area contributed by atoms with Crippen molar-refractivity contribution in [2.45, 2.75) is 13.3 Å². The van der Waals surface area contributed by atoms with Crippen LogP contribution in [0.2, 0.25) is 0 Å². The van der Waals surface area contributed by atoms with E-state index in [-0.39, 0.29) is 12.0 Å². The standard InChI is InChI=1S/C13H13N3O4S/c1-7-3-4-9(11(18)14-7)12(19)16-13-15-8(6-21-13)5-10(17)20-2/h3-4,6H,5H2,1-2H3,(H,14,18)(H,15,16,19). The fourth-order valence-electron chi connectivity index (χ4n) is 1.58. The molecule has 0 aliphatic heterocycles. The largest absolute Gasteiger partial charge is 0.469 e. The Balaban J connectivity index is 2.09. The lowest BCUT2D eigenvalue weighted by Gasteiger charge is -2.01. The molecule has 2 rings (SSSR count). The smallest absolute Gasteiger partial charge is 0.311 e. The van der Waals surface area contributed by atoms with Crippen LogP contribution >= 0.6 is 11.3 Å². The summed E-state index contributed by atoms with van der Waals surface area (Å²) in [5, 5.41) is 4.49. The highest BCUT2D eigenvalue weighted by Gasteiger charge is 2.13. The van der Waals surface area contributed by atoms with E-state index < -0.39 is 17.4 Å². The maximum atomic E-state index is 12.0. The molecule has 2 N–H and O–H groups in total. The van der Waals surface area contributed by atoms with Crippen LogP contribution in [0.3, 0.4) is 0 Å². The Labute approximate surface area is 124 Å². The number of hydrogen-bond donors (Lipinski definition) is 2. The van der Waals surface area contributed by atoms with E-state index in [9.17, 15) is 14.4 Å². The van der Waals surface area contributed by atoms with Crippen LogP contribution in [0, 0.1) is 6.92 Å². The van der Waals surface area contributed by atoms with Gasteiger partial charge in [0.1, 0.15) is 5.56 Å². The van der Waals surface area contributed by atoms with Gasteiger partial charge in [0.2, 0.25) is 0 Å². The first-order chi connectivity index (χ1) is 9.99. The van der Waals surface area contributed by atoms with Crippen molar-refractivity contribution < 1.29 is 14.3 Å². The normalized spacial score (nSPS) is 10.2. The van der Waals surface area contributed by atoms with Gasteiger partial charge in [0.25, 0.3) is 11.5 Å². The summed E-state index contributed by atoms with van der Waals surface area (Å²) < 4.78 is 4.53. The predicted octanol–water partition coefficient (Wildman–Crippen LogP) is 1.11. The van der Waals surface area contributed by atoms with Gasteiger partial charge >= 0.3 is 5.97 Å². The molecule has 2 aromatic heterocycles. The number of rotatable bonds is 4. The predicted molar refractivity (Wildman–Crippen MR) is 77.6 cm³/mol. The Bertz CT molecular complexity index is 735. The molecule has 0 saturated heterocycles. The van der Waals surface area contributed by atoms with Crippen LogP contribution in [0.1, 0.15) is 21.7 Å². The van der Waals surface area contributed by atoms with Crippen molar-refractivity contribution in [1.29, 1.82) is 0 Å². The van der Waals surface area contributed by atoms with Gasteiger partial charge in [-0.25, -0.2) is 4.98 Å². The van der Waals surface area contributed by atoms with Crippen LogP contribution in [0.4, 0.5) is 5.13 Å². The molecule has 7 nitrogen and oxygen atoms in total. The lowest BCUT2D eigenvalue weighted by molar-refractivity contribution is -0.139. The maximum absolute atomic E-state index is 12.0. The van der Waals surface area contributed by atoms with E-state index in [1.54, 1.807) is 18.4 Å². The minimum Gasteiger partial charge on any atom is -0.469 e. The van der Waals surface area contributed by atoms with Gasteiger partial charge in [-0.15, -0.1) is 11.3 Å². The molecule has 0 radical (unpaired) electrons. The van der Waals surface area contributed by atoms with Gasteiger partial charge in [0, 0.05) is 11.1 Å². The zero-order valence-corrected chi connectivity index (χ0v) is 12.2. The lowest BCUT2D eigenvalue weighted by Crippen LogP contribution is -2.23. The fraction of sp³-hybridized carbons (Fsp3) is 0.231. The molecule has 110 valence electrons. The van der Waals surface area contributed by atoms with Crippen molar-refractivity contribution in [3.8, 4) is 0 Å². The van der Waals surface area contributed by atoms with E-state index in [4.69, 9.17) is 0 Å². The summed E-state index contributed by atoms with van der Waals surface area (Å²) in [6.45, 7) is 1.73. The minimum absolute atomic E-state index is 0.00492. The average Bonchev–Trinajstić information content (AvgIpc) is 2.85. The van der Waals surface area contributed by atoms with Crippen LogP contribution in [-0.2, 0) is 16.0 Å². The number of aromatic amines is 1. The van der Waals surface area contributed by atoms with Crippen LogP contribution in [0.15, 0.2) is 22.3 Å². The third-order valence-electron chi connectivity index (χ3n) is 2.63. The highest BCUT2D eigenvalue weighted by atomic mass is 32.1. The van der Waals surface area contributed by atoms with Crippen molar-refractivity contribution >= 4 is 28.3 Å². The number of thiazole rings is 1. The van der Waals surface area contributed by atoms with Crippen molar-refractivity contribution in [2.24, 2.45) is 0 Å². The quantitative estimate of drug-likeness (QED) is 0.824. The molecule has 0 aliphatic carbocycles. The van der Waals surface area contributed by atoms with Gasteiger partial charge in [0.05, 0.1) is 19.2 Å². The number of ether oxygens (including phenoxy) is 1. The van der Waals surface area contributed by atoms with E-state index in [1.165, 1.54) is 24.5 Å². The Hall–Kier alpha value is -2.48. The van der Waals surface area contributed by atoms with Crippen molar-refractivity contribution in [1.82, 2.24) is 9.97 Å². The van der Waals surface area contributed by atoms with E-state index in [0.29, 0.717) is 16.5 Å². The van der Waals surface area contributed by atoms with Gasteiger partial charge < -0.3 is 9.72 Å². The summed E-state index contributed by atoms with van der Waals surface area (Å²) in [4.78, 5) is 41.4. The van der Waals surface area contributed by atoms with Crippen LogP contribution in [-0.4, -0.2) is 29.0 Å². The minimum atomic E-state index is -0.546. The first kappa shape index (κ1) is 14.9. The summed E-state index contributed by atoms with van der Waals surface area (Å²) in [6.07, 6.45) is 0.0357. The van der Waals surface area contributed by atoms with Crippen LogP contribution in [0.25, 0.3) is 0 Å². The van der Waals surface area contributed by atoms with Gasteiger partial charge in [-0.3, -0.25) is 19.7 Å². The molecule has 0 bridgehead atoms. The molecule has 1 amide bonds. The molecule has 0 atom stereocenters. The second-order valence-electron chi connectivity index (χ2n) is 4.24. The average molecular weight is 307 g/mol. The number of esters is 1. The zero-order chi connectivity index (χ0) is 15.4. The number of H-pyrrole nitrogens is 1. The second kappa shape index (κ2) is 6.31. The Kier molecular flexibility index (Phi) is 4.49. The number of pyridine rings is 1. The van der Waals surface area contributed by atoms with Crippen LogP contribution < -0.4 is 10.9 Å². The van der Waals surface area contributed by atoms with Gasteiger partial charge in [-0.2, -0.15) is 0 Å². The molecule has 0 saturated carbocycles. The molecule has 0 spiro atoms. The van der Waals surface area contributed by atoms with Crippen molar-refractivity contribution in [2.75, 3.05) is 12.4 Å². The molecule has 21 heavy (non-hydrogen) atoms. The molecular formula is C13H13N3O4S. The highest BCUT2D eigenvalue weighted by Crippen LogP contribution is 2.16. The van der Waals surface area contributed by atoms with Gasteiger partial charge in [-0.05, 0) is 19.1 Å². The van der Waals surface area contributed by atoms with Gasteiger partial charge in [-0.1, -0.05) is 0 Å². The van der Waals surface area contributed by atoms with E-state index in [1.807, 2.05) is 0 Å². The third kappa shape index (κ3) is 3.76. The Morgan fingerprint density at radius 2 is 2.19 bits per heavy atom. The monoisotopic (exact) mass is 307 g/mol. The number of hydrogen-bond acceptors (Lipinski definition) is 6. The molecular weight excluding hydrogens is 294 g/mol. The molecule has 0 aliphatic rings. The number of carbonyl (C=O) groups excluding carboxylic acids is 2.